The number of aromatic amines is 1. The summed E-state index contributed by atoms with van der Waals surface area (Å²) in [5, 5.41) is 5.09. The molecule has 0 radical (unpaired) electrons. The summed E-state index contributed by atoms with van der Waals surface area (Å²) in [5.74, 6) is -0.276. The van der Waals surface area contributed by atoms with Crippen LogP contribution in [-0.4, -0.2) is 76.7 Å². The maximum Gasteiger partial charge on any atom is 0.438 e. The fourth-order valence-corrected chi connectivity index (χ4v) is 10.5. The number of aliphatic imine (C=N–C) groups is 1. The number of anilines is 1. The third-order valence-electron chi connectivity index (χ3n) is 13.5. The maximum absolute atomic E-state index is 15.7. The number of hydrogen-bond donors (Lipinski definition) is 3. The number of carbonyl (C=O) groups excluding carboxylic acids is 1. The lowest BCUT2D eigenvalue weighted by atomic mass is 9.91. The number of nitrogens with one attached hydrogen (secondary N) is 2. The smallest absolute Gasteiger partial charge is 0.402 e. The third-order valence-corrected chi connectivity index (χ3v) is 14.0. The van der Waals surface area contributed by atoms with Gasteiger partial charge in [0.25, 0.3) is 5.91 Å². The third kappa shape index (κ3) is 7.23. The van der Waals surface area contributed by atoms with E-state index in [1.54, 1.807) is 62.6 Å². The van der Waals surface area contributed by atoms with Crippen LogP contribution in [0, 0.1) is 31.5 Å². The van der Waals surface area contributed by atoms with Gasteiger partial charge in [-0.2, -0.15) is 0 Å². The number of benzene rings is 3. The Bertz CT molecular complexity index is 3020. The number of rotatable bonds is 10. The van der Waals surface area contributed by atoms with Gasteiger partial charge in [-0.15, -0.1) is 0 Å². The number of nitrogens with two attached hydrogens (primary N) is 1. The summed E-state index contributed by atoms with van der Waals surface area (Å²) in [4.78, 5) is 52.6. The van der Waals surface area contributed by atoms with Crippen molar-refractivity contribution in [1.82, 2.24) is 28.7 Å². The average molecular weight is 888 g/mol. The number of imidazole rings is 1. The molecule has 2 saturated carbocycles. The Hall–Kier alpha value is -6.33. The van der Waals surface area contributed by atoms with Crippen LogP contribution < -0.4 is 21.9 Å². The van der Waals surface area contributed by atoms with Crippen molar-refractivity contribution in [2.24, 2.45) is 22.6 Å². The molecule has 0 bridgehead atoms. The fraction of sp³-hybridized carbons (Fsp3) is 0.383. The van der Waals surface area contributed by atoms with Gasteiger partial charge in [0.05, 0.1) is 17.4 Å². The summed E-state index contributed by atoms with van der Waals surface area (Å²) in [6.45, 7) is 7.12. The Balaban J connectivity index is 1.11. The number of carbonyl (C=O) groups is 1. The van der Waals surface area contributed by atoms with E-state index in [1.807, 2.05) is 15.5 Å². The van der Waals surface area contributed by atoms with E-state index in [-0.39, 0.29) is 29.4 Å². The minimum atomic E-state index is -1.28. The van der Waals surface area contributed by atoms with Crippen molar-refractivity contribution < 1.29 is 22.7 Å². The first-order chi connectivity index (χ1) is 30.8. The van der Waals surface area contributed by atoms with Gasteiger partial charge in [-0.05, 0) is 135 Å². The van der Waals surface area contributed by atoms with E-state index in [1.165, 1.54) is 21.0 Å². The molecule has 3 fully saturated rings. The Morgan fingerprint density at radius 2 is 1.73 bits per heavy atom. The van der Waals surface area contributed by atoms with Crippen LogP contribution in [0.5, 0.6) is 0 Å². The monoisotopic (exact) mass is 887 g/mol. The topological polar surface area (TPSA) is 188 Å². The molecule has 332 valence electrons. The second kappa shape index (κ2) is 16.0. The van der Waals surface area contributed by atoms with Crippen LogP contribution in [0.1, 0.15) is 84.4 Å². The molecule has 4 unspecified atom stereocenters. The predicted octanol–water partition coefficient (Wildman–Crippen LogP) is 6.52. The summed E-state index contributed by atoms with van der Waals surface area (Å²) in [5.41, 5.74) is 11.7. The molecule has 5 heterocycles. The molecule has 1 amide bonds. The minimum Gasteiger partial charge on any atom is -0.402 e. The van der Waals surface area contributed by atoms with Crippen molar-refractivity contribution in [3.05, 3.63) is 139 Å². The van der Waals surface area contributed by atoms with Crippen LogP contribution in [0.2, 0.25) is 0 Å². The van der Waals surface area contributed by atoms with Crippen molar-refractivity contribution in [3.63, 3.8) is 0 Å². The number of aryl methyl sites for hydroxylation is 2. The van der Waals surface area contributed by atoms with Crippen LogP contribution in [0.15, 0.2) is 103 Å². The van der Waals surface area contributed by atoms with Gasteiger partial charge in [-0.25, -0.2) is 23.2 Å². The molecule has 3 aromatic heterocycles. The highest BCUT2D eigenvalue weighted by atomic mass is 32.2. The lowest BCUT2D eigenvalue weighted by Gasteiger charge is -2.39. The molecule has 15 nitrogen and oxygen atoms in total. The van der Waals surface area contributed by atoms with Gasteiger partial charge in [-0.1, -0.05) is 18.1 Å². The normalized spacial score (nSPS) is 22.3. The highest BCUT2D eigenvalue weighted by molar-refractivity contribution is 7.85. The predicted molar refractivity (Wildman–Crippen MR) is 242 cm³/mol. The van der Waals surface area contributed by atoms with Crippen molar-refractivity contribution in [2.45, 2.75) is 76.8 Å². The van der Waals surface area contributed by atoms with E-state index >= 15 is 9.18 Å². The lowest BCUT2D eigenvalue weighted by molar-refractivity contribution is 0.0665. The summed E-state index contributed by atoms with van der Waals surface area (Å²) in [6, 6.07) is 18.0. The second-order valence-electron chi connectivity index (χ2n) is 17.8. The molecular formula is C47H50FN9O6S. The summed E-state index contributed by atoms with van der Waals surface area (Å²) < 4.78 is 45.4. The van der Waals surface area contributed by atoms with E-state index in [2.05, 4.69) is 40.0 Å². The number of amides is 1. The van der Waals surface area contributed by atoms with Crippen LogP contribution in [0.3, 0.4) is 0 Å². The van der Waals surface area contributed by atoms with Crippen LogP contribution in [0.4, 0.5) is 15.8 Å². The summed E-state index contributed by atoms with van der Waals surface area (Å²) in [6.07, 6.45) is 9.20. The summed E-state index contributed by atoms with van der Waals surface area (Å²) in [7, 11) is -1.28. The van der Waals surface area contributed by atoms with Gasteiger partial charge >= 0.3 is 11.4 Å². The molecule has 3 aromatic carbocycles. The van der Waals surface area contributed by atoms with Crippen LogP contribution in [0.25, 0.3) is 16.6 Å². The molecule has 4 N–H and O–H groups in total. The largest absolute Gasteiger partial charge is 0.438 e. The van der Waals surface area contributed by atoms with Gasteiger partial charge in [-0.3, -0.25) is 23.4 Å². The average Bonchev–Trinajstić information content (AvgIpc) is 4.09. The van der Waals surface area contributed by atoms with Gasteiger partial charge in [0.1, 0.15) is 33.9 Å². The molecule has 10 rings (SSSR count). The second-order valence-corrected chi connectivity index (χ2v) is 18.9. The number of ether oxygens (including phenoxy) is 1. The van der Waals surface area contributed by atoms with E-state index in [0.29, 0.717) is 89.5 Å². The quantitative estimate of drug-likeness (QED) is 0.102. The highest BCUT2D eigenvalue weighted by Crippen LogP contribution is 2.56. The van der Waals surface area contributed by atoms with E-state index in [9.17, 15) is 13.8 Å². The minimum absolute atomic E-state index is 0.0117. The zero-order valence-electron chi connectivity index (χ0n) is 36.1. The molecule has 1 saturated heterocycles. The number of halogens is 1. The van der Waals surface area contributed by atoms with Crippen LogP contribution >= 0.6 is 0 Å². The molecule has 4 atom stereocenters. The Morgan fingerprint density at radius 3 is 2.38 bits per heavy atom. The standard InChI is InChI=1S/C47H50FN9O6S/c1-26-21-34(22-27(2)40(26)48)50-42(56-18-17-54(46(56)60)35-10-8-33(9-11-35)53-64(4)61)39-36(49)13-16-55(41(39)30-5-6-30)43(58)38-24-32-23-31(29-14-19-62-20-15-29)7-12-37(32)57(38)47(25-28(47)3)44-51-45(59)63-52-44/h7-12,17-18,21-24,28-30,41,53H,5-6,13-16,19-20,25,49H2,1-4H3,(H,51,52,59). The fourth-order valence-electron chi connectivity index (χ4n) is 10.0. The first-order valence-electron chi connectivity index (χ1n) is 21.8. The van der Waals surface area contributed by atoms with Crippen molar-refractivity contribution in [1.29, 1.82) is 0 Å². The Labute approximate surface area is 370 Å². The molecule has 2 aliphatic heterocycles. The van der Waals surface area contributed by atoms with E-state index in [0.717, 1.165) is 36.6 Å². The number of nitrogens with zero attached hydrogens (tertiary/aromatic N) is 6. The molecule has 17 heteroatoms. The summed E-state index contributed by atoms with van der Waals surface area (Å²) >= 11 is 0. The van der Waals surface area contributed by atoms with Gasteiger partial charge in [0.2, 0.25) is 0 Å². The van der Waals surface area contributed by atoms with Crippen LogP contribution in [-0.2, 0) is 21.3 Å². The van der Waals surface area contributed by atoms with Crippen molar-refractivity contribution in [2.75, 3.05) is 30.7 Å². The van der Waals surface area contributed by atoms with Gasteiger partial charge in [0.15, 0.2) is 5.82 Å². The van der Waals surface area contributed by atoms with Crippen molar-refractivity contribution in [3.8, 4) is 5.69 Å². The molecule has 0 spiro atoms. The van der Waals surface area contributed by atoms with Gasteiger partial charge in [0, 0.05) is 72.7 Å². The lowest BCUT2D eigenvalue weighted by Crippen LogP contribution is -2.51. The SMILES string of the molecule is Cc1cc(N=C(C2=C(N)CCN(C(=O)c3cc4cc(C5CCOCC5)ccc4n3C3(c4noc(=O)[nH]4)CC3C)C2C2CC2)n2ccn(-c3ccc(NS(C)=O)cc3)c2=O)cc(C)c1F. The first kappa shape index (κ1) is 41.7. The number of hydrogen-bond acceptors (Lipinski definition) is 9. The maximum atomic E-state index is 15.7. The molecule has 6 aromatic rings. The molecular weight excluding hydrogens is 838 g/mol. The molecule has 64 heavy (non-hydrogen) atoms. The first-order valence-corrected chi connectivity index (χ1v) is 23.3. The number of fused-ring (bicyclic) bond motifs is 1. The van der Waals surface area contributed by atoms with Crippen molar-refractivity contribution >= 4 is 45.0 Å². The van der Waals surface area contributed by atoms with Gasteiger partial charge < -0.3 is 24.7 Å². The molecule has 2 aliphatic carbocycles. The number of H-pyrrole nitrogens is 1. The van der Waals surface area contributed by atoms with E-state index in [4.69, 9.17) is 20.0 Å². The number of aromatic nitrogens is 5. The highest BCUT2D eigenvalue weighted by Gasteiger charge is 2.59. The zero-order chi connectivity index (χ0) is 44.6. The van der Waals surface area contributed by atoms with E-state index < -0.39 is 34.0 Å². The Morgan fingerprint density at radius 1 is 1.02 bits per heavy atom. The molecule has 4 aliphatic rings. The Kier molecular flexibility index (Phi) is 10.4. The zero-order valence-corrected chi connectivity index (χ0v) is 36.9.